The van der Waals surface area contributed by atoms with Crippen LogP contribution >= 0.6 is 11.6 Å². The molecule has 0 bridgehead atoms. The number of ketones is 2. The zero-order chi connectivity index (χ0) is 16.9. The summed E-state index contributed by atoms with van der Waals surface area (Å²) < 4.78 is 23.4. The van der Waals surface area contributed by atoms with Crippen molar-refractivity contribution in [2.24, 2.45) is 0 Å². The lowest BCUT2D eigenvalue weighted by Gasteiger charge is -2.32. The lowest BCUT2D eigenvalue weighted by molar-refractivity contribution is 0.0875. The molecule has 6 nitrogen and oxygen atoms in total. The minimum Gasteiger partial charge on any atom is -0.390 e. The average molecular weight is 356 g/mol. The number of carbonyl (C=O) groups excluding carboxylic acids is 2. The van der Waals surface area contributed by atoms with E-state index in [9.17, 15) is 23.1 Å². The Bertz CT molecular complexity index is 845. The van der Waals surface area contributed by atoms with Crippen molar-refractivity contribution in [1.82, 2.24) is 4.90 Å². The zero-order valence-electron chi connectivity index (χ0n) is 12.2. The summed E-state index contributed by atoms with van der Waals surface area (Å²) in [7, 11) is -1.93. The molecule has 1 saturated heterocycles. The van der Waals surface area contributed by atoms with Crippen LogP contribution in [0.15, 0.2) is 35.0 Å². The van der Waals surface area contributed by atoms with Crippen LogP contribution in [0.4, 0.5) is 0 Å². The fourth-order valence-electron chi connectivity index (χ4n) is 2.99. The maximum atomic E-state index is 12.7. The summed E-state index contributed by atoms with van der Waals surface area (Å²) in [6.45, 7) is 0. The van der Waals surface area contributed by atoms with Crippen molar-refractivity contribution < 1.29 is 23.1 Å². The van der Waals surface area contributed by atoms with E-state index >= 15 is 0 Å². The van der Waals surface area contributed by atoms with Gasteiger partial charge in [-0.2, -0.15) is 0 Å². The SMILES string of the molecule is CN(C1=C(Cl)C(=O)c2ccccc2C1=O)[C@@H]1CS(=O)(=O)C[C@H]1O. The number of allylic oxidation sites excluding steroid dienone is 2. The van der Waals surface area contributed by atoms with Crippen LogP contribution in [-0.2, 0) is 9.84 Å². The number of hydrogen-bond acceptors (Lipinski definition) is 6. The van der Waals surface area contributed by atoms with Gasteiger partial charge in [0.2, 0.25) is 11.6 Å². The summed E-state index contributed by atoms with van der Waals surface area (Å²) in [4.78, 5) is 26.3. The third-order valence-electron chi connectivity index (χ3n) is 4.18. The fourth-order valence-corrected chi connectivity index (χ4v) is 5.16. The third-order valence-corrected chi connectivity index (χ3v) is 6.23. The van der Waals surface area contributed by atoms with Crippen molar-refractivity contribution in [2.75, 3.05) is 18.6 Å². The van der Waals surface area contributed by atoms with Crippen LogP contribution in [-0.4, -0.2) is 60.7 Å². The van der Waals surface area contributed by atoms with E-state index in [1.165, 1.54) is 24.1 Å². The highest BCUT2D eigenvalue weighted by Gasteiger charge is 2.43. The lowest BCUT2D eigenvalue weighted by atomic mass is 9.91. The van der Waals surface area contributed by atoms with Crippen molar-refractivity contribution in [3.63, 3.8) is 0 Å². The molecule has 122 valence electrons. The topological polar surface area (TPSA) is 91.8 Å². The van der Waals surface area contributed by atoms with Crippen LogP contribution in [0.1, 0.15) is 20.7 Å². The predicted octanol–water partition coefficient (Wildman–Crippen LogP) is 0.606. The van der Waals surface area contributed by atoms with Gasteiger partial charge in [-0.1, -0.05) is 35.9 Å². The first-order chi connectivity index (χ1) is 10.7. The first kappa shape index (κ1) is 16.2. The van der Waals surface area contributed by atoms with Gasteiger partial charge in [-0.05, 0) is 0 Å². The Labute approximate surface area is 138 Å². The molecule has 0 saturated carbocycles. The van der Waals surface area contributed by atoms with Crippen molar-refractivity contribution in [1.29, 1.82) is 0 Å². The van der Waals surface area contributed by atoms with Gasteiger partial charge in [-0.15, -0.1) is 0 Å². The Kier molecular flexibility index (Phi) is 3.82. The van der Waals surface area contributed by atoms with Gasteiger partial charge in [0.1, 0.15) is 10.7 Å². The zero-order valence-corrected chi connectivity index (χ0v) is 13.8. The first-order valence-corrected chi connectivity index (χ1v) is 9.12. The van der Waals surface area contributed by atoms with E-state index in [0.29, 0.717) is 0 Å². The van der Waals surface area contributed by atoms with Gasteiger partial charge in [-0.3, -0.25) is 9.59 Å². The average Bonchev–Trinajstić information content (AvgIpc) is 2.78. The Morgan fingerprint density at radius 2 is 1.70 bits per heavy atom. The van der Waals surface area contributed by atoms with E-state index in [1.807, 2.05) is 0 Å². The van der Waals surface area contributed by atoms with Gasteiger partial charge in [0.15, 0.2) is 9.84 Å². The number of aliphatic hydroxyl groups excluding tert-OH is 1. The minimum atomic E-state index is -3.39. The van der Waals surface area contributed by atoms with E-state index < -0.39 is 33.5 Å². The van der Waals surface area contributed by atoms with Crippen molar-refractivity contribution in [2.45, 2.75) is 12.1 Å². The molecule has 1 aromatic rings. The Morgan fingerprint density at radius 3 is 2.22 bits per heavy atom. The maximum Gasteiger partial charge on any atom is 0.211 e. The Morgan fingerprint density at radius 1 is 1.13 bits per heavy atom. The number of rotatable bonds is 2. The molecule has 1 aromatic carbocycles. The number of likely N-dealkylation sites (N-methyl/N-ethyl adjacent to an activating group) is 1. The molecule has 0 unspecified atom stereocenters. The lowest BCUT2D eigenvalue weighted by Crippen LogP contribution is -2.43. The van der Waals surface area contributed by atoms with E-state index in [4.69, 9.17) is 11.6 Å². The van der Waals surface area contributed by atoms with Crippen LogP contribution in [0.5, 0.6) is 0 Å². The van der Waals surface area contributed by atoms with Gasteiger partial charge in [-0.25, -0.2) is 8.42 Å². The van der Waals surface area contributed by atoms with Gasteiger partial charge < -0.3 is 10.0 Å². The molecule has 1 fully saturated rings. The van der Waals surface area contributed by atoms with Gasteiger partial charge >= 0.3 is 0 Å². The Hall–Kier alpha value is -1.70. The smallest absolute Gasteiger partial charge is 0.211 e. The number of Topliss-reactive ketones (excluding diaryl/α,β-unsaturated/α-hetero) is 2. The predicted molar refractivity (Wildman–Crippen MR) is 84.2 cm³/mol. The summed E-state index contributed by atoms with van der Waals surface area (Å²) in [5.74, 6) is -1.60. The molecular formula is C15H14ClNO5S. The number of hydrogen-bond donors (Lipinski definition) is 1. The van der Waals surface area contributed by atoms with Gasteiger partial charge in [0.25, 0.3) is 0 Å². The second-order valence-electron chi connectivity index (χ2n) is 5.69. The number of carbonyl (C=O) groups is 2. The first-order valence-electron chi connectivity index (χ1n) is 6.92. The van der Waals surface area contributed by atoms with Gasteiger partial charge in [0.05, 0.1) is 23.7 Å². The summed E-state index contributed by atoms with van der Waals surface area (Å²) in [5.41, 5.74) is 0.370. The summed E-state index contributed by atoms with van der Waals surface area (Å²) >= 11 is 6.08. The molecule has 0 spiro atoms. The summed E-state index contributed by atoms with van der Waals surface area (Å²) in [6, 6.07) is 5.50. The molecule has 1 N–H and O–H groups in total. The standard InChI is InChI=1S/C15H14ClNO5S/c1-17(10-6-23(21,22)7-11(10)18)13-12(16)14(19)8-4-2-3-5-9(8)15(13)20/h2-5,10-11,18H,6-7H2,1H3/t10-,11-/m1/s1. The van der Waals surface area contributed by atoms with Crippen LogP contribution in [0.2, 0.25) is 0 Å². The molecule has 3 rings (SSSR count). The van der Waals surface area contributed by atoms with E-state index in [-0.39, 0.29) is 33.4 Å². The van der Waals surface area contributed by atoms with Crippen molar-refractivity contribution in [3.8, 4) is 0 Å². The molecule has 2 atom stereocenters. The fraction of sp³-hybridized carbons (Fsp3) is 0.333. The molecule has 1 aliphatic heterocycles. The van der Waals surface area contributed by atoms with Gasteiger partial charge in [0, 0.05) is 18.2 Å². The molecule has 8 heteroatoms. The molecule has 2 aliphatic rings. The molecule has 0 amide bonds. The minimum absolute atomic E-state index is 0.0727. The number of halogens is 1. The van der Waals surface area contributed by atoms with E-state index in [2.05, 4.69) is 0 Å². The summed E-state index contributed by atoms with van der Waals surface area (Å²) in [6.07, 6.45) is -1.14. The molecule has 23 heavy (non-hydrogen) atoms. The van der Waals surface area contributed by atoms with Crippen molar-refractivity contribution >= 4 is 33.0 Å². The second-order valence-corrected chi connectivity index (χ2v) is 8.22. The molecule has 1 aliphatic carbocycles. The molecular weight excluding hydrogens is 342 g/mol. The van der Waals surface area contributed by atoms with E-state index in [0.717, 1.165) is 0 Å². The van der Waals surface area contributed by atoms with Crippen LogP contribution in [0.3, 0.4) is 0 Å². The molecule has 1 heterocycles. The summed E-state index contributed by atoms with van der Waals surface area (Å²) in [5, 5.41) is 9.72. The third kappa shape index (κ3) is 2.58. The second kappa shape index (κ2) is 5.43. The normalized spacial score (nSPS) is 26.4. The highest BCUT2D eigenvalue weighted by Crippen LogP contribution is 2.32. The Balaban J connectivity index is 2.04. The number of fused-ring (bicyclic) bond motifs is 1. The van der Waals surface area contributed by atoms with Crippen molar-refractivity contribution in [3.05, 3.63) is 46.1 Å². The number of sulfone groups is 1. The molecule has 0 aromatic heterocycles. The highest BCUT2D eigenvalue weighted by atomic mass is 35.5. The van der Waals surface area contributed by atoms with E-state index in [1.54, 1.807) is 12.1 Å². The monoisotopic (exact) mass is 355 g/mol. The maximum absolute atomic E-state index is 12.7. The number of nitrogens with zero attached hydrogens (tertiary/aromatic N) is 1. The highest BCUT2D eigenvalue weighted by molar-refractivity contribution is 7.91. The largest absolute Gasteiger partial charge is 0.390 e. The number of benzene rings is 1. The number of aliphatic hydroxyl groups is 1. The quantitative estimate of drug-likeness (QED) is 0.835. The van der Waals surface area contributed by atoms with Crippen LogP contribution in [0.25, 0.3) is 0 Å². The molecule has 0 radical (unpaired) electrons. The van der Waals surface area contributed by atoms with Crippen LogP contribution in [0, 0.1) is 0 Å². The van der Waals surface area contributed by atoms with Crippen LogP contribution < -0.4 is 0 Å².